The fourth-order valence-electron chi connectivity index (χ4n) is 4.49. The predicted octanol–water partition coefficient (Wildman–Crippen LogP) is 9.29. The Kier molecular flexibility index (Phi) is 8.91. The van der Waals surface area contributed by atoms with Crippen molar-refractivity contribution in [3.05, 3.63) is 114 Å². The summed E-state index contributed by atoms with van der Waals surface area (Å²) in [6.07, 6.45) is 3.81. The molecule has 4 nitrogen and oxygen atoms in total. The zero-order valence-electron chi connectivity index (χ0n) is 24.7. The van der Waals surface area contributed by atoms with Crippen LogP contribution in [0.5, 0.6) is 0 Å². The summed E-state index contributed by atoms with van der Waals surface area (Å²) in [6.45, 7) is 15.1. The molecular weight excluding hydrogens is 683 g/mol. The molecule has 2 aromatic carbocycles. The molecule has 6 aromatic rings. The molecule has 0 N–H and O–H groups in total. The van der Waals surface area contributed by atoms with E-state index in [-0.39, 0.29) is 30.9 Å². The first-order valence-electron chi connectivity index (χ1n) is 13.6. The van der Waals surface area contributed by atoms with Gasteiger partial charge in [0.1, 0.15) is 0 Å². The van der Waals surface area contributed by atoms with E-state index in [0.29, 0.717) is 5.71 Å². The van der Waals surface area contributed by atoms with Gasteiger partial charge in [0.2, 0.25) is 5.71 Å². The van der Waals surface area contributed by atoms with Gasteiger partial charge in [0.15, 0.2) is 0 Å². The van der Waals surface area contributed by atoms with Crippen LogP contribution < -0.4 is 0 Å². The number of aromatic nitrogens is 3. The molecule has 0 aliphatic rings. The first-order chi connectivity index (χ1) is 19.0. The molecular formula is C36H35IrN3O-2. The third kappa shape index (κ3) is 6.81. The zero-order chi connectivity index (χ0) is 28.5. The molecule has 0 saturated heterocycles. The van der Waals surface area contributed by atoms with Gasteiger partial charge in [-0.15, -0.1) is 54.1 Å². The maximum absolute atomic E-state index is 6.06. The molecule has 41 heavy (non-hydrogen) atoms. The van der Waals surface area contributed by atoms with Gasteiger partial charge in [0.25, 0.3) is 0 Å². The van der Waals surface area contributed by atoms with Crippen LogP contribution in [0.2, 0.25) is 0 Å². The van der Waals surface area contributed by atoms with Gasteiger partial charge in [0.05, 0.1) is 5.58 Å². The maximum Gasteiger partial charge on any atom is 0.216 e. The van der Waals surface area contributed by atoms with Crippen molar-refractivity contribution < 1.29 is 24.5 Å². The van der Waals surface area contributed by atoms with Crippen LogP contribution in [-0.2, 0) is 30.9 Å². The van der Waals surface area contributed by atoms with Gasteiger partial charge in [-0.3, -0.25) is 0 Å². The van der Waals surface area contributed by atoms with Crippen molar-refractivity contribution in [2.45, 2.75) is 59.3 Å². The van der Waals surface area contributed by atoms with E-state index in [0.717, 1.165) is 44.6 Å². The van der Waals surface area contributed by atoms with Crippen molar-refractivity contribution in [3.8, 4) is 22.5 Å². The third-order valence-electron chi connectivity index (χ3n) is 6.93. The fraction of sp³-hybridized carbons (Fsp3) is 0.250. The van der Waals surface area contributed by atoms with E-state index in [1.807, 2.05) is 61.8 Å². The summed E-state index contributed by atoms with van der Waals surface area (Å²) in [5.74, 6) is 0. The fourth-order valence-corrected chi connectivity index (χ4v) is 4.49. The standard InChI is InChI=1S/C21H19N2O.C15H16N.Ir/c1-13-8-9-16-15-6-5-7-17(19(15)24-20(16)23-13)18-12-14(10-11-22-18)21(2,3)4;1-15(2,3)13-9-10-14(16-11-13)12-7-5-4-6-8-12;/h5-6,8-12H,1-4H3;4-7,9-11H,1-3H3;/q2*-1;. The number of aryl methyl sites for hydroxylation is 1. The second-order valence-electron chi connectivity index (χ2n) is 12.1. The van der Waals surface area contributed by atoms with E-state index in [9.17, 15) is 0 Å². The Hall–Kier alpha value is -3.66. The van der Waals surface area contributed by atoms with Crippen LogP contribution in [0.15, 0.2) is 89.6 Å². The van der Waals surface area contributed by atoms with E-state index < -0.39 is 0 Å². The summed E-state index contributed by atoms with van der Waals surface area (Å²) >= 11 is 0. The molecule has 0 aliphatic heterocycles. The molecule has 4 heterocycles. The molecule has 0 amide bonds. The van der Waals surface area contributed by atoms with Crippen LogP contribution in [0.25, 0.3) is 44.6 Å². The number of fused-ring (bicyclic) bond motifs is 3. The molecule has 1 radical (unpaired) electrons. The summed E-state index contributed by atoms with van der Waals surface area (Å²) < 4.78 is 6.06. The minimum absolute atomic E-state index is 0. The number of benzene rings is 2. The summed E-state index contributed by atoms with van der Waals surface area (Å²) in [6, 6.07) is 30.8. The van der Waals surface area contributed by atoms with E-state index >= 15 is 0 Å². The molecule has 0 aliphatic carbocycles. The Balaban J connectivity index is 0.000000200. The van der Waals surface area contributed by atoms with Crippen molar-refractivity contribution >= 4 is 22.1 Å². The van der Waals surface area contributed by atoms with E-state index in [1.165, 1.54) is 11.1 Å². The zero-order valence-corrected chi connectivity index (χ0v) is 27.1. The van der Waals surface area contributed by atoms with Gasteiger partial charge >= 0.3 is 0 Å². The monoisotopic (exact) mass is 718 g/mol. The Morgan fingerprint density at radius 2 is 1.49 bits per heavy atom. The summed E-state index contributed by atoms with van der Waals surface area (Å²) in [5, 5.41) is 2.08. The molecule has 0 atom stereocenters. The second-order valence-corrected chi connectivity index (χ2v) is 12.1. The maximum atomic E-state index is 6.06. The van der Waals surface area contributed by atoms with Gasteiger partial charge < -0.3 is 14.4 Å². The molecule has 0 unspecified atom stereocenters. The van der Waals surface area contributed by atoms with E-state index in [1.54, 1.807) is 0 Å². The van der Waals surface area contributed by atoms with E-state index in [4.69, 9.17) is 4.42 Å². The van der Waals surface area contributed by atoms with E-state index in [2.05, 4.69) is 99.0 Å². The average molecular weight is 718 g/mol. The normalized spacial score (nSPS) is 11.6. The van der Waals surface area contributed by atoms with Crippen molar-refractivity contribution in [1.29, 1.82) is 0 Å². The second kappa shape index (κ2) is 12.1. The molecule has 4 aromatic heterocycles. The van der Waals surface area contributed by atoms with Gasteiger partial charge in [-0.2, -0.15) is 0 Å². The quantitative estimate of drug-likeness (QED) is 0.168. The first kappa shape index (κ1) is 30.3. The minimum atomic E-state index is 0. The van der Waals surface area contributed by atoms with Crippen LogP contribution in [0.3, 0.4) is 0 Å². The van der Waals surface area contributed by atoms with Gasteiger partial charge in [-0.05, 0) is 58.5 Å². The average Bonchev–Trinajstić information content (AvgIpc) is 3.31. The molecule has 0 saturated carbocycles. The van der Waals surface area contributed by atoms with Crippen molar-refractivity contribution in [3.63, 3.8) is 0 Å². The van der Waals surface area contributed by atoms with Gasteiger partial charge in [-0.25, -0.2) is 4.98 Å². The van der Waals surface area contributed by atoms with Crippen molar-refractivity contribution in [2.75, 3.05) is 0 Å². The third-order valence-corrected chi connectivity index (χ3v) is 6.93. The Morgan fingerprint density at radius 1 is 0.707 bits per heavy atom. The number of hydrogen-bond acceptors (Lipinski definition) is 4. The van der Waals surface area contributed by atoms with Gasteiger partial charge in [-0.1, -0.05) is 70.7 Å². The van der Waals surface area contributed by atoms with Crippen LogP contribution in [-0.4, -0.2) is 15.0 Å². The summed E-state index contributed by atoms with van der Waals surface area (Å²) in [5.41, 5.74) is 8.91. The Bertz CT molecular complexity index is 1760. The minimum Gasteiger partial charge on any atom is -0.486 e. The van der Waals surface area contributed by atoms with Crippen molar-refractivity contribution in [2.24, 2.45) is 0 Å². The molecule has 5 heteroatoms. The first-order valence-corrected chi connectivity index (χ1v) is 13.6. The van der Waals surface area contributed by atoms with Gasteiger partial charge in [0, 0.05) is 43.6 Å². The molecule has 0 spiro atoms. The SMILES string of the molecule is CC(C)(C)c1ccc(-c2[c-]cccc2)nc1.Cc1ccc2c(n1)oc1c(-c3cc(C(C)(C)C)ccn3)[c-]ccc12.[Ir]. The molecule has 211 valence electrons. The van der Waals surface area contributed by atoms with Crippen LogP contribution in [0.4, 0.5) is 0 Å². The molecule has 6 rings (SSSR count). The Morgan fingerprint density at radius 3 is 2.15 bits per heavy atom. The number of furan rings is 1. The number of rotatable bonds is 2. The van der Waals surface area contributed by atoms with Crippen molar-refractivity contribution in [1.82, 2.24) is 15.0 Å². The summed E-state index contributed by atoms with van der Waals surface area (Å²) in [7, 11) is 0. The number of nitrogens with zero attached hydrogens (tertiary/aromatic N) is 3. The smallest absolute Gasteiger partial charge is 0.216 e. The van der Waals surface area contributed by atoms with Crippen LogP contribution >= 0.6 is 0 Å². The topological polar surface area (TPSA) is 51.8 Å². The summed E-state index contributed by atoms with van der Waals surface area (Å²) in [4.78, 5) is 13.5. The predicted molar refractivity (Wildman–Crippen MR) is 164 cm³/mol. The van der Waals surface area contributed by atoms with Crippen LogP contribution in [0, 0.1) is 19.1 Å². The largest absolute Gasteiger partial charge is 0.486 e. The molecule has 0 bridgehead atoms. The molecule has 0 fully saturated rings. The number of pyridine rings is 3. The Labute approximate surface area is 256 Å². The van der Waals surface area contributed by atoms with Crippen LogP contribution in [0.1, 0.15) is 58.4 Å². The number of hydrogen-bond donors (Lipinski definition) is 0.